The Hall–Kier alpha value is -1.63. The van der Waals surface area contributed by atoms with Crippen LogP contribution in [0.2, 0.25) is 0 Å². The number of hydrogen-bond acceptors (Lipinski definition) is 5. The first-order valence-electron chi connectivity index (χ1n) is 8.28. The Morgan fingerprint density at radius 1 is 1.26 bits per heavy atom. The highest BCUT2D eigenvalue weighted by Gasteiger charge is 2.13. The van der Waals surface area contributed by atoms with Crippen LogP contribution in [0, 0.1) is 0 Å². The van der Waals surface area contributed by atoms with Gasteiger partial charge in [-0.25, -0.2) is 0 Å². The molecular formula is C17H28N4O2. The average molecular weight is 320 g/mol. The highest BCUT2D eigenvalue weighted by atomic mass is 16.5. The molecule has 1 amide bonds. The Bertz CT molecular complexity index is 484. The molecule has 3 N–H and O–H groups in total. The van der Waals surface area contributed by atoms with Gasteiger partial charge >= 0.3 is 0 Å². The minimum absolute atomic E-state index is 0.156. The first-order valence-corrected chi connectivity index (χ1v) is 8.28. The van der Waals surface area contributed by atoms with Gasteiger partial charge in [-0.3, -0.25) is 9.69 Å². The Kier molecular flexibility index (Phi) is 6.83. The van der Waals surface area contributed by atoms with E-state index in [2.05, 4.69) is 22.2 Å². The first-order chi connectivity index (χ1) is 11.1. The summed E-state index contributed by atoms with van der Waals surface area (Å²) in [5.74, 6) is 0.660. The highest BCUT2D eigenvalue weighted by molar-refractivity contribution is 5.94. The van der Waals surface area contributed by atoms with E-state index in [1.54, 1.807) is 0 Å². The number of piperazine rings is 1. The molecule has 6 nitrogen and oxygen atoms in total. The summed E-state index contributed by atoms with van der Waals surface area (Å²) >= 11 is 0. The Labute approximate surface area is 138 Å². The molecule has 128 valence electrons. The second kappa shape index (κ2) is 8.86. The quantitative estimate of drug-likeness (QED) is 0.784. The zero-order valence-corrected chi connectivity index (χ0v) is 14.1. The van der Waals surface area contributed by atoms with E-state index in [-0.39, 0.29) is 5.91 Å². The minimum atomic E-state index is -0.463. The van der Waals surface area contributed by atoms with E-state index < -0.39 is 6.04 Å². The minimum Gasteiger partial charge on any atom is -0.492 e. The van der Waals surface area contributed by atoms with Crippen molar-refractivity contribution in [2.24, 2.45) is 5.73 Å². The summed E-state index contributed by atoms with van der Waals surface area (Å²) in [5, 5.41) is 2.80. The molecule has 1 saturated heterocycles. The van der Waals surface area contributed by atoms with Crippen molar-refractivity contribution < 1.29 is 9.53 Å². The molecule has 1 aromatic rings. The van der Waals surface area contributed by atoms with Gasteiger partial charge in [0.15, 0.2) is 0 Å². The van der Waals surface area contributed by atoms with E-state index >= 15 is 0 Å². The van der Waals surface area contributed by atoms with E-state index in [9.17, 15) is 4.79 Å². The molecule has 1 aliphatic rings. The number of carbonyl (C=O) groups is 1. The summed E-state index contributed by atoms with van der Waals surface area (Å²) in [6, 6.07) is 6.96. The van der Waals surface area contributed by atoms with Gasteiger partial charge in [-0.1, -0.05) is 6.92 Å². The molecule has 0 unspecified atom stereocenters. The third-order valence-corrected chi connectivity index (χ3v) is 4.17. The van der Waals surface area contributed by atoms with Crippen LogP contribution in [0.3, 0.4) is 0 Å². The zero-order chi connectivity index (χ0) is 16.7. The maximum absolute atomic E-state index is 11.7. The Balaban J connectivity index is 1.71. The van der Waals surface area contributed by atoms with Crippen molar-refractivity contribution in [3.8, 4) is 5.75 Å². The van der Waals surface area contributed by atoms with Crippen molar-refractivity contribution >= 4 is 11.6 Å². The zero-order valence-electron chi connectivity index (χ0n) is 14.1. The van der Waals surface area contributed by atoms with Gasteiger partial charge in [-0.05, 0) is 37.7 Å². The molecule has 0 saturated carbocycles. The van der Waals surface area contributed by atoms with Crippen molar-refractivity contribution in [3.63, 3.8) is 0 Å². The van der Waals surface area contributed by atoms with Gasteiger partial charge < -0.3 is 20.7 Å². The third kappa shape index (κ3) is 5.82. The number of nitrogens with zero attached hydrogens (tertiary/aromatic N) is 2. The topological polar surface area (TPSA) is 70.8 Å². The number of likely N-dealkylation sites (N-methyl/N-ethyl adjacent to an activating group) is 1. The Morgan fingerprint density at radius 3 is 2.52 bits per heavy atom. The van der Waals surface area contributed by atoms with Crippen molar-refractivity contribution in [3.05, 3.63) is 24.3 Å². The fraction of sp³-hybridized carbons (Fsp3) is 0.588. The van der Waals surface area contributed by atoms with Gasteiger partial charge in [0.25, 0.3) is 0 Å². The van der Waals surface area contributed by atoms with E-state index in [1.807, 2.05) is 31.2 Å². The van der Waals surface area contributed by atoms with Crippen LogP contribution in [0.15, 0.2) is 24.3 Å². The molecule has 6 heteroatoms. The number of ether oxygens (including phenoxy) is 1. The summed E-state index contributed by atoms with van der Waals surface area (Å²) in [7, 11) is 2.15. The van der Waals surface area contributed by atoms with Crippen LogP contribution < -0.4 is 15.8 Å². The van der Waals surface area contributed by atoms with Crippen molar-refractivity contribution in [1.82, 2.24) is 9.80 Å². The molecule has 1 atom stereocenters. The monoisotopic (exact) mass is 320 g/mol. The predicted octanol–water partition coefficient (Wildman–Crippen LogP) is 0.989. The van der Waals surface area contributed by atoms with Crippen LogP contribution >= 0.6 is 0 Å². The van der Waals surface area contributed by atoms with Crippen LogP contribution in [0.1, 0.15) is 13.3 Å². The van der Waals surface area contributed by atoms with Gasteiger partial charge in [-0.2, -0.15) is 0 Å². The van der Waals surface area contributed by atoms with E-state index in [1.165, 1.54) is 0 Å². The van der Waals surface area contributed by atoms with Gasteiger partial charge in [-0.15, -0.1) is 0 Å². The summed E-state index contributed by atoms with van der Waals surface area (Å²) in [5.41, 5.74) is 6.44. The fourth-order valence-corrected chi connectivity index (χ4v) is 2.42. The smallest absolute Gasteiger partial charge is 0.241 e. The molecular weight excluding hydrogens is 292 g/mol. The van der Waals surface area contributed by atoms with Gasteiger partial charge in [0.05, 0.1) is 6.04 Å². The van der Waals surface area contributed by atoms with Crippen molar-refractivity contribution in [2.75, 3.05) is 51.7 Å². The maximum Gasteiger partial charge on any atom is 0.241 e. The largest absolute Gasteiger partial charge is 0.492 e. The summed E-state index contributed by atoms with van der Waals surface area (Å²) in [6.07, 6.45) is 0.624. The summed E-state index contributed by atoms with van der Waals surface area (Å²) < 4.78 is 5.77. The standard InChI is InChI=1S/C17H28N4O2/c1-3-16(18)17(22)19-14-4-6-15(7-5-14)23-13-12-21-10-8-20(2)9-11-21/h4-7,16H,3,8-13,18H2,1-2H3,(H,19,22)/t16-/m0/s1. The number of hydrogen-bond donors (Lipinski definition) is 2. The highest BCUT2D eigenvalue weighted by Crippen LogP contribution is 2.16. The van der Waals surface area contributed by atoms with E-state index in [4.69, 9.17) is 10.5 Å². The normalized spacial score (nSPS) is 17.7. The lowest BCUT2D eigenvalue weighted by Crippen LogP contribution is -2.45. The molecule has 23 heavy (non-hydrogen) atoms. The van der Waals surface area contributed by atoms with E-state index in [0.29, 0.717) is 13.0 Å². The lowest BCUT2D eigenvalue weighted by Gasteiger charge is -2.32. The van der Waals surface area contributed by atoms with Crippen LogP contribution in [0.25, 0.3) is 0 Å². The summed E-state index contributed by atoms with van der Waals surface area (Å²) in [4.78, 5) is 16.5. The predicted molar refractivity (Wildman–Crippen MR) is 92.8 cm³/mol. The van der Waals surface area contributed by atoms with Gasteiger partial charge in [0.1, 0.15) is 12.4 Å². The lowest BCUT2D eigenvalue weighted by molar-refractivity contribution is -0.117. The van der Waals surface area contributed by atoms with Crippen LogP contribution in [-0.2, 0) is 4.79 Å². The number of rotatable bonds is 7. The average Bonchev–Trinajstić information content (AvgIpc) is 2.57. The molecule has 1 heterocycles. The van der Waals surface area contributed by atoms with Gasteiger partial charge in [0, 0.05) is 38.4 Å². The fourth-order valence-electron chi connectivity index (χ4n) is 2.42. The number of benzene rings is 1. The molecule has 1 aromatic carbocycles. The van der Waals surface area contributed by atoms with Crippen LogP contribution in [-0.4, -0.2) is 68.1 Å². The maximum atomic E-state index is 11.7. The number of nitrogens with one attached hydrogen (secondary N) is 1. The second-order valence-corrected chi connectivity index (χ2v) is 6.02. The molecule has 0 bridgehead atoms. The van der Waals surface area contributed by atoms with Crippen LogP contribution in [0.4, 0.5) is 5.69 Å². The first kappa shape index (κ1) is 17.7. The number of anilines is 1. The number of nitrogens with two attached hydrogens (primary N) is 1. The number of amides is 1. The summed E-state index contributed by atoms with van der Waals surface area (Å²) in [6.45, 7) is 7.95. The molecule has 0 aromatic heterocycles. The number of carbonyl (C=O) groups excluding carboxylic acids is 1. The molecule has 1 fully saturated rings. The van der Waals surface area contributed by atoms with Crippen molar-refractivity contribution in [2.45, 2.75) is 19.4 Å². The Morgan fingerprint density at radius 2 is 1.91 bits per heavy atom. The third-order valence-electron chi connectivity index (χ3n) is 4.17. The molecule has 0 spiro atoms. The van der Waals surface area contributed by atoms with E-state index in [0.717, 1.165) is 44.2 Å². The van der Waals surface area contributed by atoms with Crippen molar-refractivity contribution in [1.29, 1.82) is 0 Å². The molecule has 0 radical (unpaired) electrons. The van der Waals surface area contributed by atoms with Gasteiger partial charge in [0.2, 0.25) is 5.91 Å². The molecule has 0 aliphatic carbocycles. The molecule has 2 rings (SSSR count). The van der Waals surface area contributed by atoms with Crippen LogP contribution in [0.5, 0.6) is 5.75 Å². The molecule has 1 aliphatic heterocycles. The lowest BCUT2D eigenvalue weighted by atomic mass is 10.2. The SMILES string of the molecule is CC[C@H](N)C(=O)Nc1ccc(OCCN2CCN(C)CC2)cc1. The second-order valence-electron chi connectivity index (χ2n) is 6.02.